The lowest BCUT2D eigenvalue weighted by Crippen LogP contribution is -2.27. The summed E-state index contributed by atoms with van der Waals surface area (Å²) in [6.07, 6.45) is 0.693. The molecule has 2 heteroatoms. The van der Waals surface area contributed by atoms with E-state index < -0.39 is 0 Å². The third-order valence-electron chi connectivity index (χ3n) is 1.39. The third-order valence-corrected chi connectivity index (χ3v) is 1.39. The van der Waals surface area contributed by atoms with E-state index in [-0.39, 0.29) is 6.10 Å². The Kier molecular flexibility index (Phi) is 1.86. The van der Waals surface area contributed by atoms with Crippen molar-refractivity contribution in [3.63, 3.8) is 0 Å². The van der Waals surface area contributed by atoms with Crippen LogP contribution in [0.2, 0.25) is 0 Å². The molecule has 2 atom stereocenters. The SMILES string of the molecule is C[C@@H]1COCC(O)C1. The molecule has 48 valence electrons. The van der Waals surface area contributed by atoms with Crippen LogP contribution >= 0.6 is 0 Å². The Morgan fingerprint density at radius 1 is 1.50 bits per heavy atom. The monoisotopic (exact) mass is 116 g/mol. The van der Waals surface area contributed by atoms with Crippen LogP contribution in [0, 0.1) is 5.92 Å². The third kappa shape index (κ3) is 1.46. The largest absolute Gasteiger partial charge is 0.391 e. The molecule has 1 rings (SSSR count). The molecule has 0 bridgehead atoms. The maximum Gasteiger partial charge on any atom is 0.0777 e. The lowest BCUT2D eigenvalue weighted by Gasteiger charge is -2.22. The van der Waals surface area contributed by atoms with E-state index in [1.54, 1.807) is 0 Å². The summed E-state index contributed by atoms with van der Waals surface area (Å²) >= 11 is 0. The van der Waals surface area contributed by atoms with E-state index in [9.17, 15) is 0 Å². The molecule has 0 saturated carbocycles. The Balaban J connectivity index is 2.23. The summed E-state index contributed by atoms with van der Waals surface area (Å²) in [4.78, 5) is 0. The van der Waals surface area contributed by atoms with Gasteiger partial charge < -0.3 is 9.84 Å². The summed E-state index contributed by atoms with van der Waals surface area (Å²) in [6, 6.07) is 0. The minimum absolute atomic E-state index is 0.209. The molecule has 1 saturated heterocycles. The summed E-state index contributed by atoms with van der Waals surface area (Å²) < 4.78 is 5.04. The van der Waals surface area contributed by atoms with Crippen LogP contribution in [-0.2, 0) is 4.74 Å². The standard InChI is InChI=1S/C6H12O2/c1-5-2-6(7)4-8-3-5/h5-7H,2-4H2,1H3/t5-,6?/m0/s1. The van der Waals surface area contributed by atoms with Crippen LogP contribution in [0.1, 0.15) is 13.3 Å². The molecule has 0 aromatic carbocycles. The second-order valence-corrected chi connectivity index (χ2v) is 2.53. The number of hydrogen-bond donors (Lipinski definition) is 1. The molecule has 2 nitrogen and oxygen atoms in total. The van der Waals surface area contributed by atoms with Crippen molar-refractivity contribution in [1.82, 2.24) is 0 Å². The first kappa shape index (κ1) is 6.05. The zero-order valence-electron chi connectivity index (χ0n) is 5.13. The molecule has 0 aromatic rings. The Bertz CT molecular complexity index is 64.9. The molecule has 1 heterocycles. The summed E-state index contributed by atoms with van der Waals surface area (Å²) in [5.74, 6) is 0.541. The first-order valence-corrected chi connectivity index (χ1v) is 3.05. The Morgan fingerprint density at radius 2 is 2.25 bits per heavy atom. The molecule has 1 unspecified atom stereocenters. The second kappa shape index (κ2) is 2.46. The van der Waals surface area contributed by atoms with Crippen LogP contribution in [0.25, 0.3) is 0 Å². The van der Waals surface area contributed by atoms with Gasteiger partial charge in [-0.25, -0.2) is 0 Å². The molecule has 0 spiro atoms. The molecule has 1 N–H and O–H groups in total. The molecule has 0 radical (unpaired) electrons. The molecule has 1 fully saturated rings. The lowest BCUT2D eigenvalue weighted by molar-refractivity contribution is -0.0312. The van der Waals surface area contributed by atoms with Gasteiger partial charge in [-0.1, -0.05) is 6.92 Å². The summed E-state index contributed by atoms with van der Waals surface area (Å²) in [6.45, 7) is 3.43. The van der Waals surface area contributed by atoms with Crippen LogP contribution in [0.5, 0.6) is 0 Å². The summed E-state index contributed by atoms with van der Waals surface area (Å²) in [5.41, 5.74) is 0. The maximum atomic E-state index is 8.95. The van der Waals surface area contributed by atoms with Crippen molar-refractivity contribution in [3.05, 3.63) is 0 Å². The van der Waals surface area contributed by atoms with E-state index >= 15 is 0 Å². The number of aliphatic hydroxyl groups excluding tert-OH is 1. The predicted octanol–water partition coefficient (Wildman–Crippen LogP) is 0.404. The van der Waals surface area contributed by atoms with Gasteiger partial charge in [-0.2, -0.15) is 0 Å². The first-order valence-electron chi connectivity index (χ1n) is 3.05. The van der Waals surface area contributed by atoms with Crippen molar-refractivity contribution in [2.24, 2.45) is 5.92 Å². The molecular weight excluding hydrogens is 104 g/mol. The van der Waals surface area contributed by atoms with E-state index in [4.69, 9.17) is 9.84 Å². The van der Waals surface area contributed by atoms with Crippen LogP contribution in [-0.4, -0.2) is 24.4 Å². The van der Waals surface area contributed by atoms with E-state index in [1.165, 1.54) is 0 Å². The maximum absolute atomic E-state index is 8.95. The normalized spacial score (nSPS) is 39.8. The molecule has 8 heavy (non-hydrogen) atoms. The van der Waals surface area contributed by atoms with Crippen molar-refractivity contribution in [1.29, 1.82) is 0 Å². The fraction of sp³-hybridized carbons (Fsp3) is 1.00. The van der Waals surface area contributed by atoms with Gasteiger partial charge in [0.05, 0.1) is 12.7 Å². The van der Waals surface area contributed by atoms with E-state index in [0.29, 0.717) is 12.5 Å². The Hall–Kier alpha value is -0.0800. The molecule has 1 aliphatic heterocycles. The molecule has 0 aromatic heterocycles. The predicted molar refractivity (Wildman–Crippen MR) is 30.6 cm³/mol. The number of rotatable bonds is 0. The molecule has 0 aliphatic carbocycles. The fourth-order valence-electron chi connectivity index (χ4n) is 1.01. The summed E-state index contributed by atoms with van der Waals surface area (Å²) in [7, 11) is 0. The van der Waals surface area contributed by atoms with Crippen LogP contribution in [0.3, 0.4) is 0 Å². The number of aliphatic hydroxyl groups is 1. The quantitative estimate of drug-likeness (QED) is 0.496. The highest BCUT2D eigenvalue weighted by Gasteiger charge is 2.15. The van der Waals surface area contributed by atoms with Crippen molar-refractivity contribution >= 4 is 0 Å². The van der Waals surface area contributed by atoms with Gasteiger partial charge in [0.15, 0.2) is 0 Å². The van der Waals surface area contributed by atoms with Crippen LogP contribution < -0.4 is 0 Å². The van der Waals surface area contributed by atoms with Crippen molar-refractivity contribution in [2.45, 2.75) is 19.4 Å². The van der Waals surface area contributed by atoms with E-state index in [1.807, 2.05) is 0 Å². The second-order valence-electron chi connectivity index (χ2n) is 2.53. The van der Waals surface area contributed by atoms with Crippen LogP contribution in [0.15, 0.2) is 0 Å². The highest BCUT2D eigenvalue weighted by Crippen LogP contribution is 2.11. The van der Waals surface area contributed by atoms with Gasteiger partial charge in [0.1, 0.15) is 0 Å². The lowest BCUT2D eigenvalue weighted by atomic mass is 10.0. The smallest absolute Gasteiger partial charge is 0.0777 e. The van der Waals surface area contributed by atoms with Gasteiger partial charge in [-0.15, -0.1) is 0 Å². The fourth-order valence-corrected chi connectivity index (χ4v) is 1.01. The molecule has 1 aliphatic rings. The Morgan fingerprint density at radius 3 is 2.62 bits per heavy atom. The van der Waals surface area contributed by atoms with Crippen molar-refractivity contribution in [2.75, 3.05) is 13.2 Å². The first-order chi connectivity index (χ1) is 3.79. The Labute approximate surface area is 49.5 Å². The average molecular weight is 116 g/mol. The number of ether oxygens (including phenoxy) is 1. The van der Waals surface area contributed by atoms with Gasteiger partial charge in [-0.3, -0.25) is 0 Å². The van der Waals surface area contributed by atoms with Crippen LogP contribution in [0.4, 0.5) is 0 Å². The summed E-state index contributed by atoms with van der Waals surface area (Å²) in [5, 5.41) is 8.95. The van der Waals surface area contributed by atoms with Gasteiger partial charge in [0.2, 0.25) is 0 Å². The molecular formula is C6H12O2. The topological polar surface area (TPSA) is 29.5 Å². The molecule has 0 amide bonds. The number of hydrogen-bond acceptors (Lipinski definition) is 2. The van der Waals surface area contributed by atoms with Gasteiger partial charge in [0, 0.05) is 6.61 Å². The minimum atomic E-state index is -0.209. The van der Waals surface area contributed by atoms with Gasteiger partial charge >= 0.3 is 0 Å². The zero-order valence-corrected chi connectivity index (χ0v) is 5.13. The van der Waals surface area contributed by atoms with Crippen molar-refractivity contribution < 1.29 is 9.84 Å². The van der Waals surface area contributed by atoms with Gasteiger partial charge in [0.25, 0.3) is 0 Å². The van der Waals surface area contributed by atoms with E-state index in [2.05, 4.69) is 6.92 Å². The van der Waals surface area contributed by atoms with Gasteiger partial charge in [-0.05, 0) is 12.3 Å². The highest BCUT2D eigenvalue weighted by molar-refractivity contribution is 4.64. The highest BCUT2D eigenvalue weighted by atomic mass is 16.5. The van der Waals surface area contributed by atoms with E-state index in [0.717, 1.165) is 13.0 Å². The minimum Gasteiger partial charge on any atom is -0.391 e. The average Bonchev–Trinajstić information content (AvgIpc) is 1.64. The van der Waals surface area contributed by atoms with Crippen molar-refractivity contribution in [3.8, 4) is 0 Å². The zero-order chi connectivity index (χ0) is 5.98.